The lowest BCUT2D eigenvalue weighted by Gasteiger charge is -2.22. The Kier molecular flexibility index (Phi) is 6.21. The quantitative estimate of drug-likeness (QED) is 0.165. The summed E-state index contributed by atoms with van der Waals surface area (Å²) in [6.45, 7) is 0. The molecule has 0 spiro atoms. The minimum Gasteiger partial charge on any atom is -0.0616 e. The first-order valence-electron chi connectivity index (χ1n) is 14.1. The molecule has 8 rings (SSSR count). The predicted molar refractivity (Wildman–Crippen MR) is 188 cm³/mol. The summed E-state index contributed by atoms with van der Waals surface area (Å²) in [6, 6.07) is 53.1. The van der Waals surface area contributed by atoms with E-state index in [-0.39, 0.29) is 0 Å². The summed E-state index contributed by atoms with van der Waals surface area (Å²) in [5.41, 5.74) is 7.57. The zero-order valence-electron chi connectivity index (χ0n) is 22.6. The lowest BCUT2D eigenvalue weighted by molar-refractivity contribution is 1.63. The molecule has 0 heterocycles. The van der Waals surface area contributed by atoms with Gasteiger partial charge in [0.1, 0.15) is 0 Å². The highest BCUT2D eigenvalue weighted by atomic mass is 79.9. The van der Waals surface area contributed by atoms with Gasteiger partial charge in [0, 0.05) is 8.95 Å². The zero-order chi connectivity index (χ0) is 28.2. The molecule has 0 aliphatic carbocycles. The predicted octanol–water partition coefficient (Wildman–Crippen LogP) is 12.8. The number of fused-ring (bicyclic) bond motifs is 4. The van der Waals surface area contributed by atoms with Crippen LogP contribution >= 0.6 is 31.9 Å². The Bertz CT molecular complexity index is 2020. The van der Waals surface area contributed by atoms with E-state index in [0.717, 1.165) is 8.95 Å². The molecule has 0 unspecified atom stereocenters. The van der Waals surface area contributed by atoms with Gasteiger partial charge in [-0.3, -0.25) is 0 Å². The number of hydrogen-bond acceptors (Lipinski definition) is 0. The zero-order valence-corrected chi connectivity index (χ0v) is 25.8. The second kappa shape index (κ2) is 10.2. The molecular weight excluding hydrogens is 640 g/mol. The standard InChI is InChI=1S/C40H24Br2/c41-27-21-17-25(18-22-27)37-29-9-1-5-13-33(29)39(34-14-6-2-10-30(34)37)40-35-15-7-3-11-31(35)38(26-19-23-28(42)24-20-26)32-12-4-8-16-36(32)40/h1-24H. The Balaban J connectivity index is 1.58. The molecule has 0 nitrogen and oxygen atoms in total. The van der Waals surface area contributed by atoms with Crippen molar-refractivity contribution in [3.8, 4) is 33.4 Å². The topological polar surface area (TPSA) is 0 Å². The van der Waals surface area contributed by atoms with Gasteiger partial charge in [0.05, 0.1) is 0 Å². The molecule has 0 atom stereocenters. The van der Waals surface area contributed by atoms with Crippen LogP contribution in [0.3, 0.4) is 0 Å². The van der Waals surface area contributed by atoms with Gasteiger partial charge in [-0.05, 0) is 101 Å². The van der Waals surface area contributed by atoms with Gasteiger partial charge in [-0.25, -0.2) is 0 Å². The van der Waals surface area contributed by atoms with Crippen molar-refractivity contribution in [1.82, 2.24) is 0 Å². The first-order valence-corrected chi connectivity index (χ1v) is 15.7. The molecule has 0 saturated heterocycles. The number of benzene rings is 8. The van der Waals surface area contributed by atoms with Crippen molar-refractivity contribution in [1.29, 1.82) is 0 Å². The highest BCUT2D eigenvalue weighted by molar-refractivity contribution is 9.10. The summed E-state index contributed by atoms with van der Waals surface area (Å²) in [7, 11) is 0. The van der Waals surface area contributed by atoms with Crippen molar-refractivity contribution >= 4 is 74.9 Å². The molecule has 0 fully saturated rings. The summed E-state index contributed by atoms with van der Waals surface area (Å²) < 4.78 is 2.17. The SMILES string of the molecule is Brc1ccc(-c2c3ccccc3c(-c3c4ccccc4c(-c4ccc(Br)cc4)c4ccccc34)c3ccccc23)cc1. The summed E-state index contributed by atoms with van der Waals surface area (Å²) in [4.78, 5) is 0. The highest BCUT2D eigenvalue weighted by Crippen LogP contribution is 2.49. The van der Waals surface area contributed by atoms with E-state index in [9.17, 15) is 0 Å². The van der Waals surface area contributed by atoms with Gasteiger partial charge in [-0.2, -0.15) is 0 Å². The van der Waals surface area contributed by atoms with Gasteiger partial charge in [-0.1, -0.05) is 153 Å². The maximum Gasteiger partial charge on any atom is 0.0175 e. The number of hydrogen-bond donors (Lipinski definition) is 0. The van der Waals surface area contributed by atoms with E-state index in [0.29, 0.717) is 0 Å². The molecule has 198 valence electrons. The highest BCUT2D eigenvalue weighted by Gasteiger charge is 2.22. The van der Waals surface area contributed by atoms with Gasteiger partial charge in [0.15, 0.2) is 0 Å². The minimum absolute atomic E-state index is 1.08. The van der Waals surface area contributed by atoms with Crippen molar-refractivity contribution in [3.63, 3.8) is 0 Å². The van der Waals surface area contributed by atoms with Crippen LogP contribution in [0.15, 0.2) is 155 Å². The normalized spacial score (nSPS) is 11.6. The lowest BCUT2D eigenvalue weighted by Crippen LogP contribution is -1.94. The van der Waals surface area contributed by atoms with E-state index in [1.165, 1.54) is 76.5 Å². The van der Waals surface area contributed by atoms with Crippen molar-refractivity contribution in [2.24, 2.45) is 0 Å². The van der Waals surface area contributed by atoms with Crippen molar-refractivity contribution in [2.45, 2.75) is 0 Å². The van der Waals surface area contributed by atoms with E-state index in [1.54, 1.807) is 0 Å². The van der Waals surface area contributed by atoms with Gasteiger partial charge < -0.3 is 0 Å². The van der Waals surface area contributed by atoms with Crippen LogP contribution < -0.4 is 0 Å². The molecule has 0 aliphatic heterocycles. The van der Waals surface area contributed by atoms with Gasteiger partial charge in [0.2, 0.25) is 0 Å². The van der Waals surface area contributed by atoms with Crippen LogP contribution in [0.2, 0.25) is 0 Å². The third kappa shape index (κ3) is 4.01. The monoisotopic (exact) mass is 662 g/mol. The molecule has 0 aromatic heterocycles. The molecule has 8 aromatic carbocycles. The van der Waals surface area contributed by atoms with Crippen molar-refractivity contribution < 1.29 is 0 Å². The molecule has 8 aromatic rings. The molecule has 42 heavy (non-hydrogen) atoms. The average Bonchev–Trinajstić information content (AvgIpc) is 3.04. The minimum atomic E-state index is 1.08. The molecule has 0 saturated carbocycles. The van der Waals surface area contributed by atoms with E-state index in [2.05, 4.69) is 177 Å². The fourth-order valence-corrected chi connectivity index (χ4v) is 7.18. The second-order valence-electron chi connectivity index (χ2n) is 10.7. The summed E-state index contributed by atoms with van der Waals surface area (Å²) in [5.74, 6) is 0. The maximum atomic E-state index is 3.63. The van der Waals surface area contributed by atoms with Crippen LogP contribution in [0.1, 0.15) is 0 Å². The van der Waals surface area contributed by atoms with Crippen LogP contribution in [0, 0.1) is 0 Å². The lowest BCUT2D eigenvalue weighted by atomic mass is 9.81. The summed E-state index contributed by atoms with van der Waals surface area (Å²) >= 11 is 7.26. The van der Waals surface area contributed by atoms with Crippen molar-refractivity contribution in [3.05, 3.63) is 155 Å². The third-order valence-corrected chi connectivity index (χ3v) is 9.44. The Morgan fingerprint density at radius 2 is 0.452 bits per heavy atom. The van der Waals surface area contributed by atoms with E-state index < -0.39 is 0 Å². The average molecular weight is 664 g/mol. The van der Waals surface area contributed by atoms with Gasteiger partial charge >= 0.3 is 0 Å². The van der Waals surface area contributed by atoms with E-state index in [4.69, 9.17) is 0 Å². The van der Waals surface area contributed by atoms with Crippen LogP contribution in [0.5, 0.6) is 0 Å². The van der Waals surface area contributed by atoms with Crippen LogP contribution in [-0.4, -0.2) is 0 Å². The molecule has 0 aliphatic rings. The molecule has 0 radical (unpaired) electrons. The van der Waals surface area contributed by atoms with Gasteiger partial charge in [0.25, 0.3) is 0 Å². The van der Waals surface area contributed by atoms with Crippen molar-refractivity contribution in [2.75, 3.05) is 0 Å². The number of rotatable bonds is 3. The Hall–Kier alpha value is -4.24. The van der Waals surface area contributed by atoms with E-state index >= 15 is 0 Å². The first kappa shape index (κ1) is 25.5. The Morgan fingerprint density at radius 1 is 0.238 bits per heavy atom. The smallest absolute Gasteiger partial charge is 0.0175 e. The maximum absolute atomic E-state index is 3.63. The summed E-state index contributed by atoms with van der Waals surface area (Å²) in [6.07, 6.45) is 0. The molecule has 0 bridgehead atoms. The van der Waals surface area contributed by atoms with Crippen LogP contribution in [-0.2, 0) is 0 Å². The largest absolute Gasteiger partial charge is 0.0616 e. The Labute approximate surface area is 261 Å². The fourth-order valence-electron chi connectivity index (χ4n) is 6.65. The van der Waals surface area contributed by atoms with E-state index in [1.807, 2.05) is 0 Å². The number of halogens is 2. The first-order chi connectivity index (χ1) is 20.7. The fraction of sp³-hybridized carbons (Fsp3) is 0. The third-order valence-electron chi connectivity index (χ3n) is 8.38. The molecular formula is C40H24Br2. The van der Waals surface area contributed by atoms with Crippen LogP contribution in [0.4, 0.5) is 0 Å². The Morgan fingerprint density at radius 3 is 0.690 bits per heavy atom. The second-order valence-corrected chi connectivity index (χ2v) is 12.5. The van der Waals surface area contributed by atoms with Crippen LogP contribution in [0.25, 0.3) is 76.5 Å². The molecule has 0 amide bonds. The van der Waals surface area contributed by atoms with Gasteiger partial charge in [-0.15, -0.1) is 0 Å². The molecule has 2 heteroatoms. The molecule has 0 N–H and O–H groups in total. The summed E-state index contributed by atoms with van der Waals surface area (Å²) in [5, 5.41) is 10.1.